The fourth-order valence-electron chi connectivity index (χ4n) is 3.94. The molecule has 1 fully saturated rings. The SMILES string of the molecule is CC(=O)O[C@@H]1C[C@@]2(O)[C@H](C)CC[C@@H](C(C)=C(Cl)Cl)[C@@H]2C=C1C. The van der Waals surface area contributed by atoms with E-state index in [9.17, 15) is 9.90 Å². The van der Waals surface area contributed by atoms with Gasteiger partial charge in [-0.05, 0) is 49.7 Å². The van der Waals surface area contributed by atoms with Crippen molar-refractivity contribution in [1.82, 2.24) is 0 Å². The molecule has 0 aromatic rings. The second-order valence-electron chi connectivity index (χ2n) is 6.76. The van der Waals surface area contributed by atoms with E-state index in [1.54, 1.807) is 0 Å². The molecule has 124 valence electrons. The van der Waals surface area contributed by atoms with Crippen LogP contribution in [-0.4, -0.2) is 22.8 Å². The molecule has 0 aromatic heterocycles. The highest BCUT2D eigenvalue weighted by Crippen LogP contribution is 2.51. The fourth-order valence-corrected chi connectivity index (χ4v) is 4.22. The molecule has 2 aliphatic carbocycles. The van der Waals surface area contributed by atoms with Gasteiger partial charge in [-0.25, -0.2) is 0 Å². The predicted molar refractivity (Wildman–Crippen MR) is 88.7 cm³/mol. The van der Waals surface area contributed by atoms with Gasteiger partial charge in [0, 0.05) is 19.3 Å². The lowest BCUT2D eigenvalue weighted by Crippen LogP contribution is -2.54. The predicted octanol–water partition coefficient (Wildman–Crippen LogP) is 4.37. The van der Waals surface area contributed by atoms with E-state index in [1.165, 1.54) is 6.92 Å². The van der Waals surface area contributed by atoms with Gasteiger partial charge in [-0.15, -0.1) is 0 Å². The minimum absolute atomic E-state index is 0.0458. The second-order valence-corrected chi connectivity index (χ2v) is 7.71. The molecule has 1 N–H and O–H groups in total. The minimum Gasteiger partial charge on any atom is -0.458 e. The number of carbonyl (C=O) groups is 1. The quantitative estimate of drug-likeness (QED) is 0.596. The normalized spacial score (nSPS) is 37.9. The third-order valence-corrected chi connectivity index (χ3v) is 6.00. The molecule has 0 spiro atoms. The number of allylic oxidation sites excluding steroid dienone is 1. The first-order valence-electron chi connectivity index (χ1n) is 7.76. The van der Waals surface area contributed by atoms with Crippen molar-refractivity contribution < 1.29 is 14.6 Å². The van der Waals surface area contributed by atoms with Gasteiger partial charge in [0.1, 0.15) is 10.6 Å². The Kier molecular flexibility index (Phi) is 5.31. The van der Waals surface area contributed by atoms with Crippen LogP contribution in [0.5, 0.6) is 0 Å². The van der Waals surface area contributed by atoms with Gasteiger partial charge in [0.15, 0.2) is 0 Å². The topological polar surface area (TPSA) is 46.5 Å². The first-order valence-corrected chi connectivity index (χ1v) is 8.52. The van der Waals surface area contributed by atoms with Gasteiger partial charge in [-0.2, -0.15) is 0 Å². The maximum Gasteiger partial charge on any atom is 0.303 e. The van der Waals surface area contributed by atoms with E-state index in [4.69, 9.17) is 27.9 Å². The van der Waals surface area contributed by atoms with Crippen LogP contribution in [0.15, 0.2) is 21.7 Å². The first kappa shape index (κ1) is 17.8. The number of carbonyl (C=O) groups excluding carboxylic acids is 1. The molecule has 0 radical (unpaired) electrons. The second kappa shape index (κ2) is 6.54. The van der Waals surface area contributed by atoms with E-state index < -0.39 is 5.60 Å². The molecule has 0 heterocycles. The van der Waals surface area contributed by atoms with Gasteiger partial charge in [0.25, 0.3) is 0 Å². The summed E-state index contributed by atoms with van der Waals surface area (Å²) in [5, 5.41) is 11.3. The summed E-state index contributed by atoms with van der Waals surface area (Å²) in [6, 6.07) is 0. The van der Waals surface area contributed by atoms with E-state index in [0.29, 0.717) is 6.42 Å². The number of rotatable bonds is 2. The van der Waals surface area contributed by atoms with Gasteiger partial charge < -0.3 is 9.84 Å². The highest BCUT2D eigenvalue weighted by molar-refractivity contribution is 6.56. The maximum absolute atomic E-state index is 11.3. The molecular formula is C17H24Cl2O3. The molecule has 0 aliphatic heterocycles. The van der Waals surface area contributed by atoms with Crippen molar-refractivity contribution in [2.45, 2.75) is 58.7 Å². The van der Waals surface area contributed by atoms with E-state index in [-0.39, 0.29) is 34.3 Å². The minimum atomic E-state index is -0.896. The van der Waals surface area contributed by atoms with Crippen LogP contribution < -0.4 is 0 Å². The molecule has 22 heavy (non-hydrogen) atoms. The molecule has 2 rings (SSSR count). The lowest BCUT2D eigenvalue weighted by molar-refractivity contribution is -0.156. The van der Waals surface area contributed by atoms with E-state index in [0.717, 1.165) is 24.0 Å². The number of halogens is 2. The summed E-state index contributed by atoms with van der Waals surface area (Å²) < 4.78 is 5.66. The Balaban J connectivity index is 2.41. The molecule has 0 aromatic carbocycles. The van der Waals surface area contributed by atoms with Crippen LogP contribution in [0.2, 0.25) is 0 Å². The summed E-state index contributed by atoms with van der Waals surface area (Å²) in [6.07, 6.45) is 3.98. The van der Waals surface area contributed by atoms with Crippen molar-refractivity contribution in [2.24, 2.45) is 17.8 Å². The summed E-state index contributed by atoms with van der Waals surface area (Å²) in [5.41, 5.74) is 1.02. The third-order valence-electron chi connectivity index (χ3n) is 5.40. The smallest absolute Gasteiger partial charge is 0.303 e. The Bertz CT molecular complexity index is 522. The summed E-state index contributed by atoms with van der Waals surface area (Å²) in [5.74, 6) is -0.104. The first-order chi connectivity index (χ1) is 10.2. The monoisotopic (exact) mass is 346 g/mol. The van der Waals surface area contributed by atoms with Crippen molar-refractivity contribution in [2.75, 3.05) is 0 Å². The standard InChI is InChI=1S/C17H24Cl2O3/c1-9-7-14-13(11(3)16(18)19)6-5-10(2)17(14,21)8-15(9)22-12(4)20/h7,10,13-15,21H,5-6,8H2,1-4H3/t10-,13+,14+,15-,17-/m1/s1. The molecule has 0 unspecified atom stereocenters. The van der Waals surface area contributed by atoms with Crippen molar-refractivity contribution >= 4 is 29.2 Å². The van der Waals surface area contributed by atoms with Crippen LogP contribution in [0.25, 0.3) is 0 Å². The zero-order valence-corrected chi connectivity index (χ0v) is 15.0. The number of hydrogen-bond acceptors (Lipinski definition) is 3. The summed E-state index contributed by atoms with van der Waals surface area (Å²) in [4.78, 5) is 11.3. The van der Waals surface area contributed by atoms with Gasteiger partial charge in [-0.1, -0.05) is 36.2 Å². The number of ether oxygens (including phenoxy) is 1. The van der Waals surface area contributed by atoms with Crippen LogP contribution in [0.3, 0.4) is 0 Å². The van der Waals surface area contributed by atoms with Crippen LogP contribution in [0.1, 0.15) is 47.0 Å². The third kappa shape index (κ3) is 3.22. The molecule has 0 amide bonds. The zero-order chi connectivity index (χ0) is 16.7. The Morgan fingerprint density at radius 3 is 2.55 bits per heavy atom. The molecule has 0 bridgehead atoms. The molecular weight excluding hydrogens is 323 g/mol. The molecule has 1 saturated carbocycles. The van der Waals surface area contributed by atoms with Gasteiger partial charge in [0.05, 0.1) is 5.60 Å². The number of fused-ring (bicyclic) bond motifs is 1. The Morgan fingerprint density at radius 1 is 1.36 bits per heavy atom. The fraction of sp³-hybridized carbons (Fsp3) is 0.706. The largest absolute Gasteiger partial charge is 0.458 e. The van der Waals surface area contributed by atoms with Crippen molar-refractivity contribution in [3.63, 3.8) is 0 Å². The number of esters is 1. The summed E-state index contributed by atoms with van der Waals surface area (Å²) >= 11 is 12.0. The number of hydrogen-bond donors (Lipinski definition) is 1. The van der Waals surface area contributed by atoms with Gasteiger partial charge in [-0.3, -0.25) is 4.79 Å². The van der Waals surface area contributed by atoms with Crippen LogP contribution in [0, 0.1) is 17.8 Å². The summed E-state index contributed by atoms with van der Waals surface area (Å²) in [7, 11) is 0. The van der Waals surface area contributed by atoms with Crippen LogP contribution >= 0.6 is 23.2 Å². The van der Waals surface area contributed by atoms with Gasteiger partial charge in [0.2, 0.25) is 0 Å². The molecule has 3 nitrogen and oxygen atoms in total. The van der Waals surface area contributed by atoms with Crippen LogP contribution in [-0.2, 0) is 9.53 Å². The lowest BCUT2D eigenvalue weighted by atomic mass is 9.58. The van der Waals surface area contributed by atoms with Gasteiger partial charge >= 0.3 is 5.97 Å². The highest BCUT2D eigenvalue weighted by atomic mass is 35.5. The van der Waals surface area contributed by atoms with E-state index in [2.05, 4.69) is 13.0 Å². The zero-order valence-electron chi connectivity index (χ0n) is 13.5. The molecule has 5 heteroatoms. The lowest BCUT2D eigenvalue weighted by Gasteiger charge is -2.51. The van der Waals surface area contributed by atoms with E-state index >= 15 is 0 Å². The van der Waals surface area contributed by atoms with Crippen molar-refractivity contribution in [3.8, 4) is 0 Å². The van der Waals surface area contributed by atoms with E-state index in [1.807, 2.05) is 13.8 Å². The Hall–Kier alpha value is -0.510. The molecule has 2 aliphatic rings. The molecule has 5 atom stereocenters. The highest BCUT2D eigenvalue weighted by Gasteiger charge is 2.52. The Labute approximate surface area is 142 Å². The van der Waals surface area contributed by atoms with Crippen LogP contribution in [0.4, 0.5) is 0 Å². The Morgan fingerprint density at radius 2 is 2.00 bits per heavy atom. The molecule has 0 saturated heterocycles. The number of aliphatic hydroxyl groups is 1. The van der Waals surface area contributed by atoms with Crippen molar-refractivity contribution in [3.05, 3.63) is 21.7 Å². The summed E-state index contributed by atoms with van der Waals surface area (Å²) in [6.45, 7) is 7.34. The maximum atomic E-state index is 11.3. The average molecular weight is 347 g/mol. The average Bonchev–Trinajstić information content (AvgIpc) is 2.41. The van der Waals surface area contributed by atoms with Crippen molar-refractivity contribution in [1.29, 1.82) is 0 Å².